The van der Waals surface area contributed by atoms with Gasteiger partial charge in [-0.05, 0) is 12.8 Å². The Kier molecular flexibility index (Phi) is 22.2. The zero-order valence-corrected chi connectivity index (χ0v) is 19.2. The minimum Gasteiger partial charge on any atom is -0.545 e. The van der Waals surface area contributed by atoms with E-state index in [0.717, 1.165) is 10.6 Å². The first-order valence-corrected chi connectivity index (χ1v) is 8.65. The predicted octanol–water partition coefficient (Wildman–Crippen LogP) is -0.0489. The fourth-order valence-electron chi connectivity index (χ4n) is 1.92. The van der Waals surface area contributed by atoms with E-state index in [2.05, 4.69) is 19.0 Å². The van der Waals surface area contributed by atoms with Gasteiger partial charge in [0, 0.05) is 57.8 Å². The van der Waals surface area contributed by atoms with Crippen LogP contribution in [0.15, 0.2) is 0 Å². The minimum absolute atomic E-state index is 0. The molecule has 1 amide bonds. The maximum atomic E-state index is 11.9. The summed E-state index contributed by atoms with van der Waals surface area (Å²) in [5.74, 6) is -1.75. The van der Waals surface area contributed by atoms with E-state index in [4.69, 9.17) is 9.90 Å². The monoisotopic (exact) mass is 476 g/mol. The summed E-state index contributed by atoms with van der Waals surface area (Å²) in [7, 11) is -3.45. The molecular formula is C13H24N2O6SVY-2. The average molecular weight is 476 g/mol. The van der Waals surface area contributed by atoms with E-state index >= 15 is 0 Å². The topological polar surface area (TPSA) is 121 Å². The number of aliphatic carboxylic acids is 1. The van der Waals surface area contributed by atoms with Crippen LogP contribution in [0.2, 0.25) is 0 Å². The van der Waals surface area contributed by atoms with Crippen molar-refractivity contribution < 1.29 is 79.2 Å². The van der Waals surface area contributed by atoms with Gasteiger partial charge < -0.3 is 22.1 Å². The molecule has 0 aromatic rings. The van der Waals surface area contributed by atoms with Crippen LogP contribution in [0.25, 0.3) is 0 Å². The quantitative estimate of drug-likeness (QED) is 0.424. The molecule has 1 rings (SSSR count). The number of amides is 1. The number of carboxylic acid groups (broad SMARTS) is 1. The van der Waals surface area contributed by atoms with Gasteiger partial charge in [-0.15, -0.1) is 0 Å². The average Bonchev–Trinajstić information content (AvgIpc) is 2.98. The number of hydrogen-bond acceptors (Lipinski definition) is 5. The number of carbonyl (C=O) groups excluding carboxylic acids is 2. The van der Waals surface area contributed by atoms with E-state index in [9.17, 15) is 18.0 Å². The third-order valence-electron chi connectivity index (χ3n) is 2.84. The molecule has 0 spiro atoms. The smallest absolute Gasteiger partial charge is 0.323 e. The van der Waals surface area contributed by atoms with Crippen molar-refractivity contribution in [2.24, 2.45) is 0 Å². The van der Waals surface area contributed by atoms with E-state index < -0.39 is 34.0 Å². The Balaban J connectivity index is -0.000000309. The van der Waals surface area contributed by atoms with Crippen LogP contribution in [0.4, 0.5) is 0 Å². The number of nitrogens with zero attached hydrogens (tertiary/aromatic N) is 1. The van der Waals surface area contributed by atoms with Gasteiger partial charge in [0.2, 0.25) is 15.9 Å². The Morgan fingerprint density at radius 3 is 2.17 bits per heavy atom. The van der Waals surface area contributed by atoms with Crippen LogP contribution in [0.5, 0.6) is 0 Å². The molecule has 1 heterocycles. The fraction of sp³-hybridized carbons (Fsp3) is 0.692. The Labute approximate surface area is 181 Å². The van der Waals surface area contributed by atoms with Crippen molar-refractivity contribution in [3.05, 3.63) is 6.92 Å². The summed E-state index contributed by atoms with van der Waals surface area (Å²) >= 11 is 0. The largest absolute Gasteiger partial charge is 0.545 e. The van der Waals surface area contributed by atoms with E-state index in [-0.39, 0.29) is 57.7 Å². The van der Waals surface area contributed by atoms with Crippen LogP contribution in [-0.4, -0.2) is 61.4 Å². The van der Waals surface area contributed by atoms with Crippen molar-refractivity contribution >= 4 is 28.7 Å². The van der Waals surface area contributed by atoms with E-state index in [1.807, 2.05) is 13.8 Å². The Morgan fingerprint density at radius 2 is 1.83 bits per heavy atom. The molecule has 0 aliphatic carbocycles. The molecule has 1 aliphatic rings. The Hall–Kier alpha value is 0.208. The molecule has 0 aromatic carbocycles. The molecule has 11 heteroatoms. The van der Waals surface area contributed by atoms with E-state index in [1.165, 1.54) is 0 Å². The van der Waals surface area contributed by atoms with Gasteiger partial charge in [0.25, 0.3) is 0 Å². The molecule has 1 fully saturated rings. The summed E-state index contributed by atoms with van der Waals surface area (Å²) in [4.78, 5) is 30.4. The number of nitrogens with one attached hydrogen (secondary N) is 1. The normalized spacial score (nSPS) is 17.4. The molecule has 8 nitrogen and oxygen atoms in total. The van der Waals surface area contributed by atoms with Crippen molar-refractivity contribution in [1.82, 2.24) is 9.62 Å². The summed E-state index contributed by atoms with van der Waals surface area (Å²) in [6, 6.07) is -1.90. The van der Waals surface area contributed by atoms with Crippen LogP contribution in [-0.2, 0) is 75.7 Å². The number of rotatable bonds is 5. The van der Waals surface area contributed by atoms with Crippen LogP contribution < -0.4 is 5.32 Å². The van der Waals surface area contributed by atoms with Gasteiger partial charge in [-0.25, -0.2) is 8.42 Å². The summed E-state index contributed by atoms with van der Waals surface area (Å²) in [6.45, 7) is 11.0. The van der Waals surface area contributed by atoms with E-state index in [0.29, 0.717) is 19.4 Å². The van der Waals surface area contributed by atoms with Crippen molar-refractivity contribution in [3.8, 4) is 0 Å². The molecule has 1 aliphatic heterocycles. The van der Waals surface area contributed by atoms with Gasteiger partial charge >= 0.3 is 5.97 Å². The van der Waals surface area contributed by atoms with Crippen LogP contribution in [0.1, 0.15) is 33.1 Å². The number of carboxylic acids is 1. The molecular weight excluding hydrogens is 452 g/mol. The minimum atomic E-state index is -3.45. The van der Waals surface area contributed by atoms with Gasteiger partial charge in [-0.3, -0.25) is 16.4 Å². The molecule has 1 saturated heterocycles. The van der Waals surface area contributed by atoms with Gasteiger partial charge in [0.15, 0.2) is 0 Å². The van der Waals surface area contributed by atoms with Crippen LogP contribution >= 0.6 is 0 Å². The molecule has 0 bridgehead atoms. The SMILES string of the molecule is CC.[CH-]=O.[CH2-]C[C@H](NC(=O)[C@@H]1CCCN1S(C)(=O)=O)C(=O)O.[V].[Y]. The number of hydrogen-bond donors (Lipinski definition) is 2. The number of sulfonamides is 1. The molecule has 24 heavy (non-hydrogen) atoms. The van der Waals surface area contributed by atoms with Crippen LogP contribution in [0, 0.1) is 6.92 Å². The first-order valence-electron chi connectivity index (χ1n) is 6.80. The van der Waals surface area contributed by atoms with Crippen molar-refractivity contribution in [1.29, 1.82) is 0 Å². The molecule has 2 N–H and O–H groups in total. The molecule has 0 unspecified atom stereocenters. The maximum absolute atomic E-state index is 11.9. The van der Waals surface area contributed by atoms with Crippen LogP contribution in [0.3, 0.4) is 0 Å². The zero-order valence-electron chi connectivity index (χ0n) is 14.1. The van der Waals surface area contributed by atoms with Gasteiger partial charge in [0.1, 0.15) is 6.04 Å². The van der Waals surface area contributed by atoms with Gasteiger partial charge in [-0.1, -0.05) is 13.8 Å². The summed E-state index contributed by atoms with van der Waals surface area (Å²) in [5.41, 5.74) is 0. The second-order valence-electron chi connectivity index (χ2n) is 4.22. The van der Waals surface area contributed by atoms with Crippen molar-refractivity contribution in [2.45, 2.75) is 45.2 Å². The summed E-state index contributed by atoms with van der Waals surface area (Å²) in [5, 5.41) is 11.1. The molecule has 138 valence electrons. The summed E-state index contributed by atoms with van der Waals surface area (Å²) in [6.07, 6.45) is 2.04. The van der Waals surface area contributed by atoms with E-state index in [1.54, 1.807) is 0 Å². The first-order chi connectivity index (χ1) is 10.3. The second-order valence-corrected chi connectivity index (χ2v) is 6.15. The fourth-order valence-corrected chi connectivity index (χ4v) is 3.05. The summed E-state index contributed by atoms with van der Waals surface area (Å²) < 4.78 is 24.0. The molecule has 2 radical (unpaired) electrons. The van der Waals surface area contributed by atoms with Crippen molar-refractivity contribution in [2.75, 3.05) is 12.8 Å². The number of carbonyl (C=O) groups is 2. The second kappa shape index (κ2) is 16.7. The molecule has 2 atom stereocenters. The third kappa shape index (κ3) is 10.9. The maximum Gasteiger partial charge on any atom is 0.323 e. The zero-order chi connectivity index (χ0) is 17.9. The predicted molar refractivity (Wildman–Crippen MR) is 82.2 cm³/mol. The Bertz CT molecular complexity index is 463. The Morgan fingerprint density at radius 1 is 1.38 bits per heavy atom. The van der Waals surface area contributed by atoms with Gasteiger partial charge in [-0.2, -0.15) is 10.7 Å². The molecule has 0 saturated carbocycles. The first kappa shape index (κ1) is 31.9. The molecule has 0 aromatic heterocycles. The standard InChI is InChI=1S/C10H17N2O5S.C2H6.CHO.V.Y/c1-3-7(10(14)15)11-9(13)8-5-4-6-12(8)18(2,16)17;2*1-2;;/h7-8H,1,3-6H2,2H3,(H,11,13)(H,14,15);1-2H3;1H;;/q-1;;-1;;/t7-,8-;;;;/m0..../s1. The van der Waals surface area contributed by atoms with Crippen molar-refractivity contribution in [3.63, 3.8) is 0 Å². The third-order valence-corrected chi connectivity index (χ3v) is 4.12. The van der Waals surface area contributed by atoms with Gasteiger partial charge in [0.05, 0.1) is 12.3 Å².